The molecule has 166 valence electrons. The third-order valence-electron chi connectivity index (χ3n) is 4.40. The number of carbonyl (C=O) groups is 4. The van der Waals surface area contributed by atoms with E-state index in [0.717, 1.165) is 4.90 Å². The molecule has 1 unspecified atom stereocenters. The third-order valence-corrected chi connectivity index (χ3v) is 4.94. The lowest BCUT2D eigenvalue weighted by atomic mass is 10.1. The fourth-order valence-corrected chi connectivity index (χ4v) is 3.31. The topological polar surface area (TPSA) is 122 Å². The summed E-state index contributed by atoms with van der Waals surface area (Å²) in [6.45, 7) is 1.36. The van der Waals surface area contributed by atoms with Crippen molar-refractivity contribution in [3.05, 3.63) is 57.6 Å². The number of carbonyl (C=O) groups excluding carboxylic acids is 3. The Morgan fingerprint density at radius 3 is 2.47 bits per heavy atom. The average molecular weight is 479 g/mol. The number of hydrogen-bond acceptors (Lipinski definition) is 6. The van der Waals surface area contributed by atoms with Crippen LogP contribution in [0.15, 0.2) is 42.0 Å². The number of methoxy groups -OCH3 is 1. The second kappa shape index (κ2) is 9.29. The molecule has 1 atom stereocenters. The van der Waals surface area contributed by atoms with E-state index in [4.69, 9.17) is 37.8 Å². The summed E-state index contributed by atoms with van der Waals surface area (Å²) in [7, 11) is 1.35. The minimum atomic E-state index is -1.16. The fraction of sp³-hybridized carbons (Fsp3) is 0.143. The van der Waals surface area contributed by atoms with Crippen LogP contribution in [0.25, 0.3) is 6.08 Å². The molecule has 1 heterocycles. The van der Waals surface area contributed by atoms with Gasteiger partial charge in [0.15, 0.2) is 17.6 Å². The van der Waals surface area contributed by atoms with Crippen LogP contribution in [0, 0.1) is 0 Å². The average Bonchev–Trinajstić information content (AvgIpc) is 2.73. The van der Waals surface area contributed by atoms with Crippen LogP contribution in [0.1, 0.15) is 12.5 Å². The van der Waals surface area contributed by atoms with Gasteiger partial charge in [-0.3, -0.25) is 14.9 Å². The van der Waals surface area contributed by atoms with Gasteiger partial charge in [-0.2, -0.15) is 0 Å². The van der Waals surface area contributed by atoms with Crippen molar-refractivity contribution in [3.8, 4) is 11.5 Å². The number of ether oxygens (including phenoxy) is 2. The molecule has 0 spiro atoms. The van der Waals surface area contributed by atoms with Gasteiger partial charge < -0.3 is 14.6 Å². The molecule has 3 rings (SSSR count). The van der Waals surface area contributed by atoms with Crippen molar-refractivity contribution in [1.82, 2.24) is 5.32 Å². The second-order valence-corrected chi connectivity index (χ2v) is 7.41. The molecule has 0 aliphatic carbocycles. The Morgan fingerprint density at radius 2 is 1.84 bits per heavy atom. The largest absolute Gasteiger partial charge is 0.493 e. The minimum absolute atomic E-state index is 0.0467. The van der Waals surface area contributed by atoms with Crippen molar-refractivity contribution < 1.29 is 33.8 Å². The molecular formula is C21H16Cl2N2O7. The van der Waals surface area contributed by atoms with Crippen LogP contribution in [0.2, 0.25) is 10.0 Å². The van der Waals surface area contributed by atoms with Crippen molar-refractivity contribution >= 4 is 58.8 Å². The number of imide groups is 2. The van der Waals surface area contributed by atoms with Gasteiger partial charge in [0, 0.05) is 5.02 Å². The molecule has 11 heteroatoms. The van der Waals surface area contributed by atoms with Gasteiger partial charge in [-0.25, -0.2) is 14.5 Å². The number of anilines is 1. The lowest BCUT2D eigenvalue weighted by molar-refractivity contribution is -0.144. The van der Waals surface area contributed by atoms with Gasteiger partial charge in [-0.15, -0.1) is 0 Å². The van der Waals surface area contributed by atoms with Crippen molar-refractivity contribution in [2.45, 2.75) is 13.0 Å². The zero-order valence-corrected chi connectivity index (χ0v) is 18.2. The maximum atomic E-state index is 13.0. The Morgan fingerprint density at radius 1 is 1.12 bits per heavy atom. The Hall–Kier alpha value is -3.56. The number of rotatable bonds is 6. The van der Waals surface area contributed by atoms with Gasteiger partial charge in [-0.1, -0.05) is 29.3 Å². The van der Waals surface area contributed by atoms with E-state index in [2.05, 4.69) is 5.32 Å². The number of carboxylic acids is 1. The molecule has 0 radical (unpaired) electrons. The van der Waals surface area contributed by atoms with E-state index in [1.54, 1.807) is 0 Å². The number of hydrogen-bond donors (Lipinski definition) is 2. The summed E-state index contributed by atoms with van der Waals surface area (Å²) in [5.41, 5.74) is 0.0957. The molecule has 1 fully saturated rings. The number of benzene rings is 2. The van der Waals surface area contributed by atoms with Gasteiger partial charge in [0.1, 0.15) is 5.57 Å². The first-order valence-corrected chi connectivity index (χ1v) is 9.82. The summed E-state index contributed by atoms with van der Waals surface area (Å²) < 4.78 is 10.5. The van der Waals surface area contributed by atoms with E-state index >= 15 is 0 Å². The molecule has 1 saturated heterocycles. The van der Waals surface area contributed by atoms with E-state index in [1.165, 1.54) is 56.5 Å². The van der Waals surface area contributed by atoms with Gasteiger partial charge in [0.05, 0.1) is 17.8 Å². The number of aliphatic carboxylic acids is 1. The summed E-state index contributed by atoms with van der Waals surface area (Å²) in [5, 5.41) is 11.5. The van der Waals surface area contributed by atoms with Crippen LogP contribution in [0.5, 0.6) is 11.5 Å². The first kappa shape index (κ1) is 23.1. The van der Waals surface area contributed by atoms with Crippen LogP contribution >= 0.6 is 23.2 Å². The number of barbiturate groups is 1. The zero-order valence-electron chi connectivity index (χ0n) is 16.7. The maximum absolute atomic E-state index is 13.0. The summed E-state index contributed by atoms with van der Waals surface area (Å²) in [5.74, 6) is -2.59. The molecular weight excluding hydrogens is 463 g/mol. The lowest BCUT2D eigenvalue weighted by Gasteiger charge is -2.27. The predicted octanol–water partition coefficient (Wildman–Crippen LogP) is 3.52. The molecule has 0 bridgehead atoms. The number of carboxylic acid groups (broad SMARTS) is 1. The Balaban J connectivity index is 1.97. The lowest BCUT2D eigenvalue weighted by Crippen LogP contribution is -2.54. The molecule has 32 heavy (non-hydrogen) atoms. The highest BCUT2D eigenvalue weighted by Crippen LogP contribution is 2.33. The maximum Gasteiger partial charge on any atom is 0.344 e. The van der Waals surface area contributed by atoms with Crippen LogP contribution in [-0.2, 0) is 14.4 Å². The Labute approximate surface area is 192 Å². The van der Waals surface area contributed by atoms with Crippen molar-refractivity contribution in [3.63, 3.8) is 0 Å². The molecule has 4 amide bonds. The predicted molar refractivity (Wildman–Crippen MR) is 116 cm³/mol. The van der Waals surface area contributed by atoms with Crippen molar-refractivity contribution in [1.29, 1.82) is 0 Å². The van der Waals surface area contributed by atoms with E-state index < -0.39 is 29.9 Å². The highest BCUT2D eigenvalue weighted by molar-refractivity contribution is 6.42. The molecule has 0 saturated carbocycles. The monoisotopic (exact) mass is 478 g/mol. The van der Waals surface area contributed by atoms with Gasteiger partial charge >= 0.3 is 12.0 Å². The Bertz CT molecular complexity index is 1160. The molecule has 2 aromatic rings. The fourth-order valence-electron chi connectivity index (χ4n) is 2.82. The van der Waals surface area contributed by atoms with Gasteiger partial charge in [0.2, 0.25) is 0 Å². The zero-order chi connectivity index (χ0) is 23.6. The normalized spacial score (nSPS) is 16.1. The number of urea groups is 1. The van der Waals surface area contributed by atoms with Crippen molar-refractivity contribution in [2.75, 3.05) is 12.0 Å². The molecule has 1 aliphatic rings. The van der Waals surface area contributed by atoms with E-state index in [9.17, 15) is 19.2 Å². The SMILES string of the molecule is COc1cc(C=C2C(=O)NC(=O)N(c3ccc(Cl)cc3Cl)C2=O)ccc1OC(C)C(=O)O. The summed E-state index contributed by atoms with van der Waals surface area (Å²) in [6.07, 6.45) is 0.135. The number of nitrogens with zero attached hydrogens (tertiary/aromatic N) is 1. The van der Waals surface area contributed by atoms with Crippen molar-refractivity contribution in [2.24, 2.45) is 0 Å². The molecule has 2 aromatic carbocycles. The minimum Gasteiger partial charge on any atom is -0.493 e. The highest BCUT2D eigenvalue weighted by Gasteiger charge is 2.37. The third kappa shape index (κ3) is 4.68. The van der Waals surface area contributed by atoms with Crippen LogP contribution in [0.3, 0.4) is 0 Å². The van der Waals surface area contributed by atoms with Crippen LogP contribution in [0.4, 0.5) is 10.5 Å². The number of amides is 4. The number of nitrogens with one attached hydrogen (secondary N) is 1. The molecule has 2 N–H and O–H groups in total. The van der Waals surface area contributed by atoms with Gasteiger partial charge in [0.25, 0.3) is 11.8 Å². The highest BCUT2D eigenvalue weighted by atomic mass is 35.5. The molecule has 9 nitrogen and oxygen atoms in total. The second-order valence-electron chi connectivity index (χ2n) is 6.56. The van der Waals surface area contributed by atoms with E-state index in [-0.39, 0.29) is 27.8 Å². The first-order chi connectivity index (χ1) is 15.1. The first-order valence-electron chi connectivity index (χ1n) is 9.06. The molecule has 0 aromatic heterocycles. The van der Waals surface area contributed by atoms with Crippen LogP contribution < -0.4 is 19.7 Å². The summed E-state index contributed by atoms with van der Waals surface area (Å²) >= 11 is 12.0. The summed E-state index contributed by atoms with van der Waals surface area (Å²) in [4.78, 5) is 49.4. The van der Waals surface area contributed by atoms with Crippen LogP contribution in [-0.4, -0.2) is 42.1 Å². The number of halogens is 2. The molecule has 1 aliphatic heterocycles. The van der Waals surface area contributed by atoms with E-state index in [0.29, 0.717) is 10.6 Å². The smallest absolute Gasteiger partial charge is 0.344 e. The Kier molecular flexibility index (Phi) is 6.71. The summed E-state index contributed by atoms with van der Waals surface area (Å²) in [6, 6.07) is 7.63. The van der Waals surface area contributed by atoms with E-state index in [1.807, 2.05) is 0 Å². The quantitative estimate of drug-likeness (QED) is 0.480. The standard InChI is InChI=1S/C21H16Cl2N2O7/c1-10(20(28)29)32-16-6-3-11(8-17(16)31-2)7-13-18(26)24-21(30)25(19(13)27)15-5-4-12(22)9-14(15)23/h3-10H,1-2H3,(H,28,29)(H,24,26,30). The van der Waals surface area contributed by atoms with Gasteiger partial charge in [-0.05, 0) is 48.9 Å².